The second kappa shape index (κ2) is 6.20. The van der Waals surface area contributed by atoms with Crippen LogP contribution in [-0.2, 0) is 6.42 Å². The Morgan fingerprint density at radius 2 is 1.65 bits per heavy atom. The smallest absolute Gasteiger partial charge is 0.0608 e. The van der Waals surface area contributed by atoms with Gasteiger partial charge in [-0.15, -0.1) is 0 Å². The van der Waals surface area contributed by atoms with Gasteiger partial charge in [-0.1, -0.05) is 55.5 Å². The number of aryl methyl sites for hydroxylation is 1. The van der Waals surface area contributed by atoms with Crippen LogP contribution in [0.2, 0.25) is 0 Å². The largest absolute Gasteiger partial charge is 0.392 e. The van der Waals surface area contributed by atoms with E-state index in [2.05, 4.69) is 31.2 Å². The Labute approximate surface area is 105 Å². The van der Waals surface area contributed by atoms with Gasteiger partial charge in [0.15, 0.2) is 0 Å². The summed E-state index contributed by atoms with van der Waals surface area (Å²) in [4.78, 5) is 0. The summed E-state index contributed by atoms with van der Waals surface area (Å²) in [5.74, 6) is 0.527. The minimum absolute atomic E-state index is 0.143. The molecule has 0 radical (unpaired) electrons. The van der Waals surface area contributed by atoms with Crippen molar-refractivity contribution in [1.82, 2.24) is 0 Å². The monoisotopic (exact) mass is 232 g/mol. The molecule has 1 unspecified atom stereocenters. The van der Waals surface area contributed by atoms with Crippen molar-refractivity contribution in [3.63, 3.8) is 0 Å². The van der Waals surface area contributed by atoms with E-state index in [1.54, 1.807) is 0 Å². The van der Waals surface area contributed by atoms with E-state index in [0.29, 0.717) is 5.92 Å². The van der Waals surface area contributed by atoms with Crippen molar-refractivity contribution in [2.75, 3.05) is 0 Å². The topological polar surface area (TPSA) is 20.2 Å². The maximum absolute atomic E-state index is 10.3. The highest BCUT2D eigenvalue weighted by molar-refractivity contribution is 5.21. The van der Waals surface area contributed by atoms with Crippen LogP contribution in [-0.4, -0.2) is 11.2 Å². The van der Waals surface area contributed by atoms with Gasteiger partial charge in [-0.2, -0.15) is 0 Å². The van der Waals surface area contributed by atoms with Crippen molar-refractivity contribution in [3.8, 4) is 0 Å². The highest BCUT2D eigenvalue weighted by Gasteiger charge is 2.20. The molecule has 1 aromatic rings. The molecule has 0 aromatic heterocycles. The summed E-state index contributed by atoms with van der Waals surface area (Å²) in [6, 6.07) is 8.56. The molecule has 1 heteroatoms. The lowest BCUT2D eigenvalue weighted by atomic mass is 9.90. The van der Waals surface area contributed by atoms with Gasteiger partial charge in [-0.05, 0) is 37.7 Å². The summed E-state index contributed by atoms with van der Waals surface area (Å²) < 4.78 is 0. The summed E-state index contributed by atoms with van der Waals surface area (Å²) in [6.07, 6.45) is 8.42. The van der Waals surface area contributed by atoms with Crippen molar-refractivity contribution in [2.24, 2.45) is 5.92 Å². The van der Waals surface area contributed by atoms with Crippen LogP contribution < -0.4 is 0 Å². The Kier molecular flexibility index (Phi) is 4.61. The van der Waals surface area contributed by atoms with Gasteiger partial charge in [0.25, 0.3) is 0 Å². The first-order valence-electron chi connectivity index (χ1n) is 6.99. The van der Waals surface area contributed by atoms with Gasteiger partial charge in [0.2, 0.25) is 0 Å². The zero-order chi connectivity index (χ0) is 12.1. The third-order valence-electron chi connectivity index (χ3n) is 4.01. The molecule has 1 nitrogen and oxygen atoms in total. The van der Waals surface area contributed by atoms with E-state index in [1.807, 2.05) is 0 Å². The minimum Gasteiger partial charge on any atom is -0.392 e. The zero-order valence-electron chi connectivity index (χ0n) is 10.9. The molecule has 0 bridgehead atoms. The van der Waals surface area contributed by atoms with Crippen molar-refractivity contribution in [2.45, 2.75) is 58.0 Å². The number of benzene rings is 1. The summed E-state index contributed by atoms with van der Waals surface area (Å²) in [5.41, 5.74) is 2.56. The Bertz CT molecular complexity index is 320. The standard InChI is InChI=1S/C16H24O/c1-13-8-10-14(11-9-13)12-16(17)15-6-4-2-3-5-7-15/h8-11,15-17H,2-7,12H2,1H3. The number of aliphatic hydroxyl groups excluding tert-OH is 1. The van der Waals surface area contributed by atoms with E-state index in [0.717, 1.165) is 6.42 Å². The lowest BCUT2D eigenvalue weighted by Gasteiger charge is -2.21. The van der Waals surface area contributed by atoms with Crippen LogP contribution in [0.3, 0.4) is 0 Å². The fourth-order valence-electron chi connectivity index (χ4n) is 2.83. The molecule has 17 heavy (non-hydrogen) atoms. The molecule has 1 aliphatic carbocycles. The van der Waals surface area contributed by atoms with Crippen molar-refractivity contribution < 1.29 is 5.11 Å². The molecule has 0 saturated heterocycles. The van der Waals surface area contributed by atoms with E-state index in [1.165, 1.54) is 49.7 Å². The van der Waals surface area contributed by atoms with Crippen molar-refractivity contribution in [1.29, 1.82) is 0 Å². The quantitative estimate of drug-likeness (QED) is 0.784. The van der Waals surface area contributed by atoms with Crippen LogP contribution in [0.15, 0.2) is 24.3 Å². The Morgan fingerprint density at radius 1 is 1.06 bits per heavy atom. The van der Waals surface area contributed by atoms with E-state index in [4.69, 9.17) is 0 Å². The molecule has 1 atom stereocenters. The third-order valence-corrected chi connectivity index (χ3v) is 4.01. The lowest BCUT2D eigenvalue weighted by molar-refractivity contribution is 0.0986. The summed E-state index contributed by atoms with van der Waals surface area (Å²) in [7, 11) is 0. The molecule has 1 aromatic carbocycles. The SMILES string of the molecule is Cc1ccc(CC(O)C2CCCCCC2)cc1. The first kappa shape index (κ1) is 12.6. The Balaban J connectivity index is 1.90. The van der Waals surface area contributed by atoms with Gasteiger partial charge in [-0.25, -0.2) is 0 Å². The average molecular weight is 232 g/mol. The fourth-order valence-corrected chi connectivity index (χ4v) is 2.83. The van der Waals surface area contributed by atoms with E-state index >= 15 is 0 Å². The molecule has 1 saturated carbocycles. The number of hydrogen-bond acceptors (Lipinski definition) is 1. The van der Waals surface area contributed by atoms with Crippen LogP contribution in [0, 0.1) is 12.8 Å². The van der Waals surface area contributed by atoms with Gasteiger partial charge in [0.1, 0.15) is 0 Å². The zero-order valence-corrected chi connectivity index (χ0v) is 10.9. The normalized spacial score (nSPS) is 19.9. The maximum Gasteiger partial charge on any atom is 0.0608 e. The third kappa shape index (κ3) is 3.85. The Hall–Kier alpha value is -0.820. The molecular weight excluding hydrogens is 208 g/mol. The average Bonchev–Trinajstić information content (AvgIpc) is 2.61. The van der Waals surface area contributed by atoms with E-state index < -0.39 is 0 Å². The first-order valence-corrected chi connectivity index (χ1v) is 6.99. The van der Waals surface area contributed by atoms with E-state index in [-0.39, 0.29) is 6.10 Å². The molecule has 2 rings (SSSR count). The van der Waals surface area contributed by atoms with Crippen molar-refractivity contribution >= 4 is 0 Å². The predicted molar refractivity (Wildman–Crippen MR) is 72.1 cm³/mol. The summed E-state index contributed by atoms with van der Waals surface area (Å²) >= 11 is 0. The van der Waals surface area contributed by atoms with Crippen LogP contribution in [0.5, 0.6) is 0 Å². The molecular formula is C16H24O. The highest BCUT2D eigenvalue weighted by Crippen LogP contribution is 2.27. The van der Waals surface area contributed by atoms with Crippen LogP contribution in [0.1, 0.15) is 49.7 Å². The highest BCUT2D eigenvalue weighted by atomic mass is 16.3. The van der Waals surface area contributed by atoms with Gasteiger partial charge in [0.05, 0.1) is 6.10 Å². The maximum atomic E-state index is 10.3. The van der Waals surface area contributed by atoms with Gasteiger partial charge in [-0.3, -0.25) is 0 Å². The molecule has 94 valence electrons. The van der Waals surface area contributed by atoms with E-state index in [9.17, 15) is 5.11 Å². The minimum atomic E-state index is -0.143. The first-order chi connectivity index (χ1) is 8.25. The summed E-state index contributed by atoms with van der Waals surface area (Å²) in [6.45, 7) is 2.10. The predicted octanol–water partition coefficient (Wildman–Crippen LogP) is 3.87. The molecule has 0 amide bonds. The second-order valence-corrected chi connectivity index (χ2v) is 5.51. The van der Waals surface area contributed by atoms with Crippen molar-refractivity contribution in [3.05, 3.63) is 35.4 Å². The van der Waals surface area contributed by atoms with Gasteiger partial charge in [0, 0.05) is 0 Å². The summed E-state index contributed by atoms with van der Waals surface area (Å²) in [5, 5.41) is 10.3. The van der Waals surface area contributed by atoms with Crippen LogP contribution >= 0.6 is 0 Å². The second-order valence-electron chi connectivity index (χ2n) is 5.51. The van der Waals surface area contributed by atoms with Crippen LogP contribution in [0.4, 0.5) is 0 Å². The number of hydrogen-bond donors (Lipinski definition) is 1. The number of rotatable bonds is 3. The molecule has 0 aliphatic heterocycles. The number of aliphatic hydroxyl groups is 1. The lowest BCUT2D eigenvalue weighted by Crippen LogP contribution is -2.22. The van der Waals surface area contributed by atoms with Crippen LogP contribution in [0.25, 0.3) is 0 Å². The fraction of sp³-hybridized carbons (Fsp3) is 0.625. The molecule has 1 N–H and O–H groups in total. The Morgan fingerprint density at radius 3 is 2.24 bits per heavy atom. The molecule has 0 heterocycles. The molecule has 0 spiro atoms. The molecule has 1 aliphatic rings. The van der Waals surface area contributed by atoms with Gasteiger partial charge < -0.3 is 5.11 Å². The van der Waals surface area contributed by atoms with Gasteiger partial charge >= 0.3 is 0 Å². The molecule has 1 fully saturated rings.